The molecule has 1 aliphatic heterocycles. The van der Waals surface area contributed by atoms with Crippen molar-refractivity contribution in [1.82, 2.24) is 9.47 Å². The normalized spacial score (nSPS) is 17.8. The molecule has 0 saturated heterocycles. The van der Waals surface area contributed by atoms with E-state index in [1.54, 1.807) is 11.3 Å². The number of fused-ring (bicyclic) bond motifs is 1. The lowest BCUT2D eigenvalue weighted by Gasteiger charge is -2.36. The Morgan fingerprint density at radius 3 is 2.95 bits per heavy atom. The fraction of sp³-hybridized carbons (Fsp3) is 0.471. The van der Waals surface area contributed by atoms with Crippen LogP contribution in [0.1, 0.15) is 49.2 Å². The fourth-order valence-corrected chi connectivity index (χ4v) is 3.92. The highest BCUT2D eigenvalue weighted by molar-refractivity contribution is 7.10. The van der Waals surface area contributed by atoms with Crippen molar-refractivity contribution >= 4 is 17.2 Å². The number of thiophene rings is 1. The standard InChI is InChI=1S/C17H22N2OS/c1-2-3-4-9-16(20)19-12-11-18-10-5-7-14(18)17(19)15-8-6-13-21-15/h5-8,10,13,17H,2-4,9,11-12H2,1H3. The van der Waals surface area contributed by atoms with Crippen molar-refractivity contribution in [3.05, 3.63) is 46.4 Å². The second-order valence-corrected chi connectivity index (χ2v) is 6.57. The molecule has 0 aliphatic carbocycles. The number of hydrogen-bond acceptors (Lipinski definition) is 2. The second-order valence-electron chi connectivity index (χ2n) is 5.59. The van der Waals surface area contributed by atoms with Crippen molar-refractivity contribution in [3.63, 3.8) is 0 Å². The molecule has 1 atom stereocenters. The maximum absolute atomic E-state index is 12.6. The minimum atomic E-state index is 0.0999. The summed E-state index contributed by atoms with van der Waals surface area (Å²) in [6.07, 6.45) is 6.10. The average molecular weight is 302 g/mol. The van der Waals surface area contributed by atoms with Crippen LogP contribution in [-0.4, -0.2) is 21.9 Å². The van der Waals surface area contributed by atoms with Gasteiger partial charge in [0, 0.05) is 36.3 Å². The second kappa shape index (κ2) is 6.48. The van der Waals surface area contributed by atoms with Crippen LogP contribution < -0.4 is 0 Å². The first-order valence-electron chi connectivity index (χ1n) is 7.79. The van der Waals surface area contributed by atoms with E-state index in [9.17, 15) is 4.79 Å². The average Bonchev–Trinajstić information content (AvgIpc) is 3.17. The summed E-state index contributed by atoms with van der Waals surface area (Å²) in [5.74, 6) is 0.300. The molecule has 3 heterocycles. The molecule has 0 N–H and O–H groups in total. The van der Waals surface area contributed by atoms with E-state index < -0.39 is 0 Å². The number of carbonyl (C=O) groups is 1. The number of carbonyl (C=O) groups excluding carboxylic acids is 1. The Morgan fingerprint density at radius 1 is 1.29 bits per heavy atom. The van der Waals surface area contributed by atoms with E-state index in [0.29, 0.717) is 12.3 Å². The van der Waals surface area contributed by atoms with Crippen LogP contribution in [0.25, 0.3) is 0 Å². The molecule has 0 fully saturated rings. The Morgan fingerprint density at radius 2 is 2.19 bits per heavy atom. The molecule has 1 amide bonds. The van der Waals surface area contributed by atoms with Crippen LogP contribution in [0, 0.1) is 0 Å². The van der Waals surface area contributed by atoms with Crippen molar-refractivity contribution in [2.24, 2.45) is 0 Å². The van der Waals surface area contributed by atoms with Gasteiger partial charge in [0.1, 0.15) is 6.04 Å². The molecule has 2 aromatic heterocycles. The van der Waals surface area contributed by atoms with E-state index >= 15 is 0 Å². The van der Waals surface area contributed by atoms with E-state index in [-0.39, 0.29) is 6.04 Å². The van der Waals surface area contributed by atoms with Crippen molar-refractivity contribution in [2.75, 3.05) is 6.54 Å². The highest BCUT2D eigenvalue weighted by Crippen LogP contribution is 2.35. The van der Waals surface area contributed by atoms with Gasteiger partial charge in [0.25, 0.3) is 0 Å². The maximum Gasteiger partial charge on any atom is 0.223 e. The van der Waals surface area contributed by atoms with Gasteiger partial charge in [-0.25, -0.2) is 0 Å². The molecule has 3 nitrogen and oxygen atoms in total. The Labute approximate surface area is 130 Å². The van der Waals surface area contributed by atoms with E-state index in [1.165, 1.54) is 10.6 Å². The number of hydrogen-bond donors (Lipinski definition) is 0. The SMILES string of the molecule is CCCCCC(=O)N1CCn2cccc2C1c1cccs1. The van der Waals surface area contributed by atoms with Crippen molar-refractivity contribution in [3.8, 4) is 0 Å². The van der Waals surface area contributed by atoms with Crippen molar-refractivity contribution in [1.29, 1.82) is 0 Å². The third-order valence-electron chi connectivity index (χ3n) is 4.17. The zero-order valence-electron chi connectivity index (χ0n) is 12.5. The summed E-state index contributed by atoms with van der Waals surface area (Å²) in [6.45, 7) is 3.89. The monoisotopic (exact) mass is 302 g/mol. The highest BCUT2D eigenvalue weighted by atomic mass is 32.1. The van der Waals surface area contributed by atoms with E-state index in [4.69, 9.17) is 0 Å². The van der Waals surface area contributed by atoms with Gasteiger partial charge in [0.05, 0.1) is 0 Å². The van der Waals surface area contributed by atoms with Gasteiger partial charge in [-0.1, -0.05) is 25.8 Å². The summed E-state index contributed by atoms with van der Waals surface area (Å²) >= 11 is 1.74. The largest absolute Gasteiger partial charge is 0.347 e. The zero-order valence-corrected chi connectivity index (χ0v) is 13.3. The first-order chi connectivity index (χ1) is 10.3. The number of unbranched alkanes of at least 4 members (excludes halogenated alkanes) is 2. The van der Waals surface area contributed by atoms with Crippen LogP contribution in [0.2, 0.25) is 0 Å². The summed E-state index contributed by atoms with van der Waals surface area (Å²) in [7, 11) is 0. The molecule has 0 radical (unpaired) electrons. The molecule has 1 aliphatic rings. The van der Waals surface area contributed by atoms with E-state index in [2.05, 4.69) is 52.2 Å². The summed E-state index contributed by atoms with van der Waals surface area (Å²) in [5, 5.41) is 2.09. The van der Waals surface area contributed by atoms with Gasteiger partial charge < -0.3 is 9.47 Å². The van der Waals surface area contributed by atoms with Crippen molar-refractivity contribution < 1.29 is 4.79 Å². The van der Waals surface area contributed by atoms with Crippen LogP contribution in [-0.2, 0) is 11.3 Å². The molecule has 21 heavy (non-hydrogen) atoms. The molecular weight excluding hydrogens is 280 g/mol. The molecule has 0 aromatic carbocycles. The molecule has 4 heteroatoms. The third kappa shape index (κ3) is 2.91. The molecular formula is C17H22N2OS. The smallest absolute Gasteiger partial charge is 0.223 e. The van der Waals surface area contributed by atoms with Gasteiger partial charge in [-0.2, -0.15) is 0 Å². The van der Waals surface area contributed by atoms with Crippen molar-refractivity contribution in [2.45, 2.75) is 45.2 Å². The lowest BCUT2D eigenvalue weighted by atomic mass is 10.1. The molecule has 2 aromatic rings. The molecule has 0 spiro atoms. The highest BCUT2D eigenvalue weighted by Gasteiger charge is 2.32. The van der Waals surface area contributed by atoms with Gasteiger partial charge in [-0.05, 0) is 30.0 Å². The number of rotatable bonds is 5. The van der Waals surface area contributed by atoms with Crippen LogP contribution in [0.3, 0.4) is 0 Å². The van der Waals surface area contributed by atoms with Gasteiger partial charge >= 0.3 is 0 Å². The molecule has 1 unspecified atom stereocenters. The van der Waals surface area contributed by atoms with Gasteiger partial charge in [-0.15, -0.1) is 11.3 Å². The van der Waals surface area contributed by atoms with Crippen LogP contribution in [0.15, 0.2) is 35.8 Å². The molecule has 0 bridgehead atoms. The molecule has 112 valence electrons. The number of amides is 1. The summed E-state index contributed by atoms with van der Waals surface area (Å²) < 4.78 is 2.28. The van der Waals surface area contributed by atoms with Crippen LogP contribution in [0.5, 0.6) is 0 Å². The van der Waals surface area contributed by atoms with Gasteiger partial charge in [-0.3, -0.25) is 4.79 Å². The summed E-state index contributed by atoms with van der Waals surface area (Å²) in [5.41, 5.74) is 1.24. The Bertz CT molecular complexity index is 588. The minimum Gasteiger partial charge on any atom is -0.347 e. The number of aromatic nitrogens is 1. The van der Waals surface area contributed by atoms with Gasteiger partial charge in [0.15, 0.2) is 0 Å². The Balaban J connectivity index is 1.84. The summed E-state index contributed by atoms with van der Waals surface area (Å²) in [4.78, 5) is 16.0. The quantitative estimate of drug-likeness (QED) is 0.765. The fourth-order valence-electron chi connectivity index (χ4n) is 3.07. The van der Waals surface area contributed by atoms with Crippen LogP contribution in [0.4, 0.5) is 0 Å². The number of nitrogens with zero attached hydrogens (tertiary/aromatic N) is 2. The lowest BCUT2D eigenvalue weighted by molar-refractivity contribution is -0.134. The Hall–Kier alpha value is -1.55. The first kappa shape index (κ1) is 14.4. The zero-order chi connectivity index (χ0) is 14.7. The predicted molar refractivity (Wildman–Crippen MR) is 86.4 cm³/mol. The van der Waals surface area contributed by atoms with E-state index in [1.807, 2.05) is 0 Å². The third-order valence-corrected chi connectivity index (χ3v) is 5.09. The predicted octanol–water partition coefficient (Wildman–Crippen LogP) is 4.06. The summed E-state index contributed by atoms with van der Waals surface area (Å²) in [6, 6.07) is 8.55. The minimum absolute atomic E-state index is 0.0999. The molecule has 0 saturated carbocycles. The van der Waals surface area contributed by atoms with Gasteiger partial charge in [0.2, 0.25) is 5.91 Å². The van der Waals surface area contributed by atoms with E-state index in [0.717, 1.165) is 32.4 Å². The Kier molecular flexibility index (Phi) is 4.44. The maximum atomic E-state index is 12.6. The van der Waals surface area contributed by atoms with Crippen LogP contribution >= 0.6 is 11.3 Å². The lowest BCUT2D eigenvalue weighted by Crippen LogP contribution is -2.42. The molecule has 3 rings (SSSR count). The topological polar surface area (TPSA) is 25.2 Å². The first-order valence-corrected chi connectivity index (χ1v) is 8.67.